The van der Waals surface area contributed by atoms with Crippen LogP contribution >= 0.6 is 11.8 Å². The molecule has 1 fully saturated rings. The van der Waals surface area contributed by atoms with Crippen LogP contribution in [0.2, 0.25) is 0 Å². The maximum Gasteiger partial charge on any atom is 0.441 e. The van der Waals surface area contributed by atoms with Crippen LogP contribution in [0.15, 0.2) is 0 Å². The van der Waals surface area contributed by atoms with E-state index < -0.39 is 23.3 Å². The summed E-state index contributed by atoms with van der Waals surface area (Å²) in [7, 11) is 0. The van der Waals surface area contributed by atoms with E-state index in [1.807, 2.05) is 0 Å². The lowest BCUT2D eigenvalue weighted by molar-refractivity contribution is -0.0334. The molecule has 2 atom stereocenters. The summed E-state index contributed by atoms with van der Waals surface area (Å²) in [6.45, 7) is 5.84. The highest BCUT2D eigenvalue weighted by atomic mass is 32.2. The van der Waals surface area contributed by atoms with Crippen molar-refractivity contribution >= 4 is 17.9 Å². The number of nitrogens with zero attached hydrogens (tertiary/aromatic N) is 1. The molecule has 0 aliphatic carbocycles. The molecule has 0 spiro atoms. The van der Waals surface area contributed by atoms with E-state index in [1.54, 1.807) is 20.8 Å². The highest BCUT2D eigenvalue weighted by Gasteiger charge is 2.34. The van der Waals surface area contributed by atoms with Crippen molar-refractivity contribution in [3.63, 3.8) is 0 Å². The van der Waals surface area contributed by atoms with Crippen molar-refractivity contribution < 1.29 is 27.8 Å². The summed E-state index contributed by atoms with van der Waals surface area (Å²) < 4.78 is 41.6. The van der Waals surface area contributed by atoms with Crippen molar-refractivity contribution in [3.8, 4) is 0 Å². The first-order valence-corrected chi connectivity index (χ1v) is 7.83. The Labute approximate surface area is 127 Å². The lowest BCUT2D eigenvalue weighted by Gasteiger charge is -2.37. The fourth-order valence-electron chi connectivity index (χ4n) is 2.12. The van der Waals surface area contributed by atoms with Crippen LogP contribution in [0.1, 0.15) is 33.6 Å². The van der Waals surface area contributed by atoms with Crippen LogP contribution < -0.4 is 0 Å². The van der Waals surface area contributed by atoms with Crippen LogP contribution in [0.3, 0.4) is 0 Å². The monoisotopic (exact) mass is 329 g/mol. The number of alkyl halides is 3. The van der Waals surface area contributed by atoms with Gasteiger partial charge in [-0.3, -0.25) is 0 Å². The average molecular weight is 329 g/mol. The predicted octanol–water partition coefficient (Wildman–Crippen LogP) is 3.25. The molecule has 2 unspecified atom stereocenters. The number of piperidine rings is 1. The summed E-state index contributed by atoms with van der Waals surface area (Å²) in [5.74, 6) is -0.464. The van der Waals surface area contributed by atoms with Crippen molar-refractivity contribution in [2.45, 2.75) is 50.8 Å². The second-order valence-electron chi connectivity index (χ2n) is 6.13. The van der Waals surface area contributed by atoms with Gasteiger partial charge in [-0.25, -0.2) is 4.79 Å². The number of aliphatic hydroxyl groups excluding tert-OH is 1. The van der Waals surface area contributed by atoms with E-state index in [2.05, 4.69) is 0 Å². The number of rotatable bonds is 3. The highest BCUT2D eigenvalue weighted by Crippen LogP contribution is 2.32. The number of likely N-dealkylation sites (tertiary alicyclic amines) is 1. The van der Waals surface area contributed by atoms with Gasteiger partial charge in [0, 0.05) is 24.8 Å². The van der Waals surface area contributed by atoms with Gasteiger partial charge in [-0.2, -0.15) is 13.2 Å². The molecule has 0 aromatic carbocycles. The Kier molecular flexibility index (Phi) is 6.22. The number of halogens is 3. The van der Waals surface area contributed by atoms with Gasteiger partial charge < -0.3 is 14.7 Å². The molecule has 0 radical (unpaired) electrons. The van der Waals surface area contributed by atoms with Gasteiger partial charge >= 0.3 is 11.6 Å². The van der Waals surface area contributed by atoms with E-state index >= 15 is 0 Å². The number of hydrogen-bond acceptors (Lipinski definition) is 4. The molecule has 1 saturated heterocycles. The molecule has 8 heteroatoms. The smallest absolute Gasteiger partial charge is 0.441 e. The van der Waals surface area contributed by atoms with Crippen LogP contribution in [0, 0.1) is 5.92 Å². The van der Waals surface area contributed by atoms with Gasteiger partial charge in [0.2, 0.25) is 0 Å². The summed E-state index contributed by atoms with van der Waals surface area (Å²) in [6, 6.07) is 0. The fraction of sp³-hybridized carbons (Fsp3) is 0.923. The number of amides is 1. The first kappa shape index (κ1) is 18.4. The Bertz CT molecular complexity index is 358. The van der Waals surface area contributed by atoms with Gasteiger partial charge in [0.25, 0.3) is 0 Å². The van der Waals surface area contributed by atoms with Crippen LogP contribution in [0.5, 0.6) is 0 Å². The Balaban J connectivity index is 2.48. The molecule has 0 bridgehead atoms. The van der Waals surface area contributed by atoms with Gasteiger partial charge in [-0.05, 0) is 33.6 Å². The summed E-state index contributed by atoms with van der Waals surface area (Å²) in [4.78, 5) is 13.4. The van der Waals surface area contributed by atoms with E-state index in [-0.39, 0.29) is 36.4 Å². The normalized spacial score (nSPS) is 24.0. The standard InChI is InChI=1S/C13H22F3NO3S/c1-12(2,3)20-11(19)17-6-4-10(18)9(8-17)5-7-21-13(14,15)16/h9-10,18H,4-8H2,1-3H3. The third kappa shape index (κ3) is 7.26. The quantitative estimate of drug-likeness (QED) is 0.863. The van der Waals surface area contributed by atoms with Crippen LogP contribution in [0.25, 0.3) is 0 Å². The maximum absolute atomic E-state index is 12.1. The molecular formula is C13H22F3NO3S. The van der Waals surface area contributed by atoms with Gasteiger partial charge in [-0.15, -0.1) is 0 Å². The number of carbonyl (C=O) groups excluding carboxylic acids is 1. The molecule has 0 aromatic rings. The second kappa shape index (κ2) is 7.09. The molecule has 1 N–H and O–H groups in total. The number of carbonyl (C=O) groups is 1. The first-order valence-electron chi connectivity index (χ1n) is 6.84. The summed E-state index contributed by atoms with van der Waals surface area (Å²) in [5.41, 5.74) is -4.88. The Morgan fingerprint density at radius 3 is 2.52 bits per heavy atom. The molecule has 124 valence electrons. The van der Waals surface area contributed by atoms with Crippen molar-refractivity contribution in [1.82, 2.24) is 4.90 Å². The van der Waals surface area contributed by atoms with E-state index in [9.17, 15) is 23.1 Å². The molecule has 1 amide bonds. The number of aliphatic hydroxyl groups is 1. The zero-order valence-corrected chi connectivity index (χ0v) is 13.3. The first-order chi connectivity index (χ1) is 9.48. The number of thioether (sulfide) groups is 1. The molecule has 1 heterocycles. The zero-order valence-electron chi connectivity index (χ0n) is 12.4. The van der Waals surface area contributed by atoms with Crippen LogP contribution in [-0.4, -0.2) is 52.2 Å². The third-order valence-electron chi connectivity index (χ3n) is 3.10. The molecule has 0 saturated carbocycles. The van der Waals surface area contributed by atoms with Crippen molar-refractivity contribution in [2.75, 3.05) is 18.8 Å². The van der Waals surface area contributed by atoms with Gasteiger partial charge in [0.1, 0.15) is 5.60 Å². The minimum Gasteiger partial charge on any atom is -0.444 e. The van der Waals surface area contributed by atoms with E-state index in [0.717, 1.165) is 0 Å². The molecular weight excluding hydrogens is 307 g/mol. The Morgan fingerprint density at radius 2 is 2.00 bits per heavy atom. The van der Waals surface area contributed by atoms with Gasteiger partial charge in [0.15, 0.2) is 0 Å². The predicted molar refractivity (Wildman–Crippen MR) is 75.1 cm³/mol. The number of ether oxygens (including phenoxy) is 1. The van der Waals surface area contributed by atoms with Gasteiger partial charge in [0.05, 0.1) is 6.10 Å². The molecule has 1 rings (SSSR count). The van der Waals surface area contributed by atoms with E-state index in [1.165, 1.54) is 4.90 Å². The number of hydrogen-bond donors (Lipinski definition) is 1. The van der Waals surface area contributed by atoms with Crippen LogP contribution in [0.4, 0.5) is 18.0 Å². The third-order valence-corrected chi connectivity index (χ3v) is 3.87. The van der Waals surface area contributed by atoms with Crippen molar-refractivity contribution in [3.05, 3.63) is 0 Å². The van der Waals surface area contributed by atoms with Gasteiger partial charge in [-0.1, -0.05) is 11.8 Å². The largest absolute Gasteiger partial charge is 0.444 e. The minimum atomic E-state index is -4.26. The van der Waals surface area contributed by atoms with Crippen molar-refractivity contribution in [1.29, 1.82) is 0 Å². The second-order valence-corrected chi connectivity index (χ2v) is 7.29. The maximum atomic E-state index is 12.1. The Morgan fingerprint density at radius 1 is 1.38 bits per heavy atom. The SMILES string of the molecule is CC(C)(C)OC(=O)N1CCC(O)C(CCSC(F)(F)F)C1. The van der Waals surface area contributed by atoms with Crippen molar-refractivity contribution in [2.24, 2.45) is 5.92 Å². The fourth-order valence-corrected chi connectivity index (χ4v) is 2.77. The highest BCUT2D eigenvalue weighted by molar-refractivity contribution is 8.00. The average Bonchev–Trinajstić information content (AvgIpc) is 2.27. The summed E-state index contributed by atoms with van der Waals surface area (Å²) in [6.07, 6.45) is -0.578. The molecule has 1 aliphatic rings. The summed E-state index contributed by atoms with van der Waals surface area (Å²) >= 11 is -0.0969. The van der Waals surface area contributed by atoms with E-state index in [4.69, 9.17) is 4.74 Å². The molecule has 1 aliphatic heterocycles. The lowest BCUT2D eigenvalue weighted by atomic mass is 9.93. The minimum absolute atomic E-state index is 0.0969. The topological polar surface area (TPSA) is 49.8 Å². The Hall–Kier alpha value is -0.630. The van der Waals surface area contributed by atoms with Crippen LogP contribution in [-0.2, 0) is 4.74 Å². The molecule has 0 aromatic heterocycles. The van der Waals surface area contributed by atoms with E-state index in [0.29, 0.717) is 13.0 Å². The molecule has 4 nitrogen and oxygen atoms in total. The molecule has 21 heavy (non-hydrogen) atoms. The zero-order chi connectivity index (χ0) is 16.3. The lowest BCUT2D eigenvalue weighted by Crippen LogP contribution is -2.47. The summed E-state index contributed by atoms with van der Waals surface area (Å²) in [5, 5.41) is 9.86.